The summed E-state index contributed by atoms with van der Waals surface area (Å²) in [6.07, 6.45) is 6.18. The van der Waals surface area contributed by atoms with E-state index in [4.69, 9.17) is 5.73 Å². The predicted octanol–water partition coefficient (Wildman–Crippen LogP) is 2.39. The van der Waals surface area contributed by atoms with Gasteiger partial charge in [-0.25, -0.2) is 13.4 Å². The summed E-state index contributed by atoms with van der Waals surface area (Å²) < 4.78 is 27.6. The minimum absolute atomic E-state index is 0.0209. The zero-order valence-corrected chi connectivity index (χ0v) is 23.8. The van der Waals surface area contributed by atoms with Crippen LogP contribution in [0.2, 0.25) is 0 Å². The summed E-state index contributed by atoms with van der Waals surface area (Å²) in [6.45, 7) is 3.73. The van der Waals surface area contributed by atoms with Gasteiger partial charge in [0.2, 0.25) is 21.8 Å². The Hall–Kier alpha value is -2.34. The van der Waals surface area contributed by atoms with Crippen molar-refractivity contribution in [3.63, 3.8) is 0 Å². The van der Waals surface area contributed by atoms with Crippen LogP contribution in [0.4, 0.5) is 0 Å². The van der Waals surface area contributed by atoms with Crippen molar-refractivity contribution >= 4 is 33.2 Å². The maximum absolute atomic E-state index is 13.3. The third-order valence-corrected chi connectivity index (χ3v) is 10.3. The van der Waals surface area contributed by atoms with Crippen molar-refractivity contribution in [2.45, 2.75) is 69.8 Å². The quantitative estimate of drug-likeness (QED) is 0.459. The van der Waals surface area contributed by atoms with Crippen molar-refractivity contribution in [1.82, 2.24) is 19.5 Å². The first-order valence-electron chi connectivity index (χ1n) is 13.4. The van der Waals surface area contributed by atoms with E-state index in [1.54, 1.807) is 46.7 Å². The molecular weight excluding hydrogens is 522 g/mol. The third-order valence-electron chi connectivity index (χ3n) is 7.70. The molecule has 1 aromatic carbocycles. The Morgan fingerprint density at radius 2 is 1.89 bits per heavy atom. The molecule has 208 valence electrons. The number of aromatic nitrogens is 1. The molecule has 11 heteroatoms. The first-order valence-corrected chi connectivity index (χ1v) is 15.9. The molecular formula is C27H39N5O4S2. The Labute approximate surface area is 229 Å². The summed E-state index contributed by atoms with van der Waals surface area (Å²) in [4.78, 5) is 32.5. The van der Waals surface area contributed by atoms with E-state index in [0.717, 1.165) is 30.7 Å². The van der Waals surface area contributed by atoms with E-state index in [1.807, 2.05) is 25.3 Å². The van der Waals surface area contributed by atoms with E-state index in [-0.39, 0.29) is 55.2 Å². The van der Waals surface area contributed by atoms with E-state index in [9.17, 15) is 18.0 Å². The van der Waals surface area contributed by atoms with Crippen LogP contribution in [-0.2, 0) is 31.8 Å². The molecule has 0 radical (unpaired) electrons. The van der Waals surface area contributed by atoms with Crippen LogP contribution in [0.1, 0.15) is 50.1 Å². The molecule has 2 heterocycles. The Morgan fingerprint density at radius 3 is 2.53 bits per heavy atom. The van der Waals surface area contributed by atoms with Crippen molar-refractivity contribution < 1.29 is 18.0 Å². The van der Waals surface area contributed by atoms with Gasteiger partial charge in [-0.2, -0.15) is 4.31 Å². The minimum atomic E-state index is -3.69. The van der Waals surface area contributed by atoms with Crippen LogP contribution in [0.15, 0.2) is 41.9 Å². The van der Waals surface area contributed by atoms with Gasteiger partial charge in [0.05, 0.1) is 23.8 Å². The molecule has 9 nitrogen and oxygen atoms in total. The van der Waals surface area contributed by atoms with Crippen LogP contribution < -0.4 is 11.1 Å². The lowest BCUT2D eigenvalue weighted by molar-refractivity contribution is -0.143. The Kier molecular flexibility index (Phi) is 9.56. The van der Waals surface area contributed by atoms with Gasteiger partial charge >= 0.3 is 0 Å². The lowest BCUT2D eigenvalue weighted by Gasteiger charge is -2.42. The molecule has 2 unspecified atom stereocenters. The first-order chi connectivity index (χ1) is 18.1. The fourth-order valence-electron chi connectivity index (χ4n) is 5.49. The number of benzene rings is 1. The van der Waals surface area contributed by atoms with Crippen LogP contribution in [0.3, 0.4) is 0 Å². The average Bonchev–Trinajstić information content (AvgIpc) is 3.38. The topological polar surface area (TPSA) is 126 Å². The van der Waals surface area contributed by atoms with Crippen LogP contribution in [-0.4, -0.2) is 72.2 Å². The molecule has 2 aliphatic rings. The van der Waals surface area contributed by atoms with Gasteiger partial charge in [0.25, 0.3) is 0 Å². The van der Waals surface area contributed by atoms with Crippen molar-refractivity contribution in [2.24, 2.45) is 17.6 Å². The Bertz CT molecular complexity index is 1170. The van der Waals surface area contributed by atoms with Crippen LogP contribution >= 0.6 is 11.3 Å². The van der Waals surface area contributed by atoms with Crippen molar-refractivity contribution in [3.8, 4) is 0 Å². The molecule has 2 amide bonds. The molecule has 1 aliphatic carbocycles. The Morgan fingerprint density at radius 1 is 1.18 bits per heavy atom. The molecule has 2 atom stereocenters. The second-order valence-electron chi connectivity index (χ2n) is 10.8. The van der Waals surface area contributed by atoms with Crippen LogP contribution in [0.25, 0.3) is 0 Å². The van der Waals surface area contributed by atoms with Gasteiger partial charge in [0.15, 0.2) is 0 Å². The van der Waals surface area contributed by atoms with Gasteiger partial charge in [-0.05, 0) is 43.1 Å². The van der Waals surface area contributed by atoms with Gasteiger partial charge < -0.3 is 16.0 Å². The van der Waals surface area contributed by atoms with Crippen molar-refractivity contribution in [3.05, 3.63) is 52.5 Å². The zero-order valence-electron chi connectivity index (χ0n) is 22.2. The molecule has 2 aromatic rings. The number of nitrogens with two attached hydrogens (primary N) is 1. The number of piperazine rings is 1. The smallest absolute Gasteiger partial charge is 0.239 e. The molecule has 0 spiro atoms. The number of sulfonamides is 1. The number of carbonyl (C=O) groups excluding carboxylic acids is 2. The van der Waals surface area contributed by atoms with Crippen LogP contribution in [0, 0.1) is 11.8 Å². The van der Waals surface area contributed by atoms with Crippen molar-refractivity contribution in [2.75, 3.05) is 19.6 Å². The second kappa shape index (κ2) is 12.7. The van der Waals surface area contributed by atoms with E-state index in [2.05, 4.69) is 10.3 Å². The number of nitrogens with one attached hydrogen (secondary N) is 1. The molecule has 1 aromatic heterocycles. The average molecular weight is 562 g/mol. The third kappa shape index (κ3) is 7.40. The summed E-state index contributed by atoms with van der Waals surface area (Å²) in [7, 11) is -3.69. The highest BCUT2D eigenvalue weighted by molar-refractivity contribution is 7.88. The molecule has 1 saturated heterocycles. The normalized spacial score (nSPS) is 23.9. The second-order valence-corrected chi connectivity index (χ2v) is 13.8. The highest BCUT2D eigenvalue weighted by Gasteiger charge is 2.40. The largest absolute Gasteiger partial charge is 0.351 e. The summed E-state index contributed by atoms with van der Waals surface area (Å²) in [5, 5.41) is 6.11. The number of carbonyl (C=O) groups is 2. The predicted molar refractivity (Wildman–Crippen MR) is 149 cm³/mol. The minimum Gasteiger partial charge on any atom is -0.351 e. The zero-order chi connectivity index (χ0) is 27.3. The Balaban J connectivity index is 1.43. The fraction of sp³-hybridized carbons (Fsp3) is 0.593. The van der Waals surface area contributed by atoms with Gasteiger partial charge in [-0.1, -0.05) is 44.2 Å². The SMILES string of the molecule is CC(C)C1CN(S(=O)(=O)Cc2ccccc2)CC(=O)N1CC(=O)NC(Cc1nccs1)C1CCC(N)CC1. The maximum Gasteiger partial charge on any atom is 0.239 e. The lowest BCUT2D eigenvalue weighted by atomic mass is 9.80. The van der Waals surface area contributed by atoms with Gasteiger partial charge in [0.1, 0.15) is 0 Å². The number of rotatable bonds is 10. The molecule has 1 saturated carbocycles. The van der Waals surface area contributed by atoms with E-state index < -0.39 is 16.1 Å². The summed E-state index contributed by atoms with van der Waals surface area (Å²) >= 11 is 1.57. The van der Waals surface area contributed by atoms with Gasteiger partial charge in [-0.3, -0.25) is 9.59 Å². The summed E-state index contributed by atoms with van der Waals surface area (Å²) in [6, 6.07) is 8.70. The molecule has 2 fully saturated rings. The van der Waals surface area contributed by atoms with Gasteiger partial charge in [0, 0.05) is 42.7 Å². The lowest BCUT2D eigenvalue weighted by Crippen LogP contribution is -2.61. The number of hydrogen-bond donors (Lipinski definition) is 2. The molecule has 4 rings (SSSR count). The monoisotopic (exact) mass is 561 g/mol. The maximum atomic E-state index is 13.3. The standard InChI is InChI=1S/C27H39N5O4S2/c1-19(2)24-15-31(38(35,36)18-20-6-4-3-5-7-20)17-27(34)32(24)16-25(33)30-23(14-26-29-12-13-37-26)21-8-10-22(28)11-9-21/h3-7,12-13,19,21-24H,8-11,14-18,28H2,1-2H3,(H,30,33). The first kappa shape index (κ1) is 28.7. The highest BCUT2D eigenvalue weighted by atomic mass is 32.2. The van der Waals surface area contributed by atoms with E-state index in [0.29, 0.717) is 17.9 Å². The highest BCUT2D eigenvalue weighted by Crippen LogP contribution is 2.28. The number of hydrogen-bond acceptors (Lipinski definition) is 7. The number of thiazole rings is 1. The molecule has 3 N–H and O–H groups in total. The molecule has 38 heavy (non-hydrogen) atoms. The number of amides is 2. The molecule has 0 bridgehead atoms. The molecule has 1 aliphatic heterocycles. The summed E-state index contributed by atoms with van der Waals surface area (Å²) in [5.41, 5.74) is 6.79. The van der Waals surface area contributed by atoms with E-state index in [1.165, 1.54) is 4.31 Å². The number of nitrogens with zero attached hydrogens (tertiary/aromatic N) is 3. The van der Waals surface area contributed by atoms with E-state index >= 15 is 0 Å². The van der Waals surface area contributed by atoms with Crippen LogP contribution in [0.5, 0.6) is 0 Å². The van der Waals surface area contributed by atoms with Gasteiger partial charge in [-0.15, -0.1) is 11.3 Å². The van der Waals surface area contributed by atoms with Crippen molar-refractivity contribution in [1.29, 1.82) is 0 Å². The fourth-order valence-corrected chi connectivity index (χ4v) is 7.65. The summed E-state index contributed by atoms with van der Waals surface area (Å²) in [5.74, 6) is -0.440.